The fraction of sp³-hybridized carbons (Fsp3) is 0. The third-order valence-corrected chi connectivity index (χ3v) is 3.68. The Bertz CT molecular complexity index is 540. The van der Waals surface area contributed by atoms with E-state index in [1.54, 1.807) is 24.4 Å². The predicted octanol–water partition coefficient (Wildman–Crippen LogP) is 5.36. The lowest BCUT2D eigenvalue weighted by atomic mass is 10.1. The molecule has 2 rings (SSSR count). The molecule has 1 aromatic carbocycles. The van der Waals surface area contributed by atoms with Crippen molar-refractivity contribution in [3.05, 3.63) is 50.7 Å². The van der Waals surface area contributed by atoms with Crippen LogP contribution in [0.15, 0.2) is 30.5 Å². The zero-order valence-corrected chi connectivity index (χ0v) is 10.9. The fourth-order valence-electron chi connectivity index (χ4n) is 1.32. The molecule has 0 amide bonds. The lowest BCUT2D eigenvalue weighted by Gasteiger charge is -2.08. The van der Waals surface area contributed by atoms with Crippen LogP contribution in [0.25, 0.3) is 11.1 Å². The second kappa shape index (κ2) is 4.80. The molecule has 0 aliphatic heterocycles. The summed E-state index contributed by atoms with van der Waals surface area (Å²) in [6.07, 6.45) is 1.61. The highest BCUT2D eigenvalue weighted by molar-refractivity contribution is 6.49. The molecule has 0 aliphatic rings. The number of halogens is 4. The van der Waals surface area contributed by atoms with Gasteiger partial charge in [0.2, 0.25) is 0 Å². The molecule has 1 heterocycles. The lowest BCUT2D eigenvalue weighted by molar-refractivity contribution is 1.33. The van der Waals surface area contributed by atoms with Crippen molar-refractivity contribution in [2.45, 2.75) is 0 Å². The van der Waals surface area contributed by atoms with Gasteiger partial charge in [-0.25, -0.2) is 4.98 Å². The van der Waals surface area contributed by atoms with Crippen LogP contribution in [0.3, 0.4) is 0 Å². The van der Waals surface area contributed by atoms with Gasteiger partial charge in [0.15, 0.2) is 0 Å². The smallest absolute Gasteiger partial charge is 0.136 e. The van der Waals surface area contributed by atoms with Gasteiger partial charge in [-0.2, -0.15) is 0 Å². The Labute approximate surface area is 113 Å². The van der Waals surface area contributed by atoms with Crippen LogP contribution in [0.4, 0.5) is 0 Å². The quantitative estimate of drug-likeness (QED) is 0.509. The Balaban J connectivity index is 2.66. The number of pyridine rings is 1. The van der Waals surface area contributed by atoms with E-state index < -0.39 is 0 Å². The van der Waals surface area contributed by atoms with E-state index in [0.29, 0.717) is 25.8 Å². The second-order valence-electron chi connectivity index (χ2n) is 3.06. The van der Waals surface area contributed by atoms with Gasteiger partial charge in [-0.15, -0.1) is 0 Å². The summed E-state index contributed by atoms with van der Waals surface area (Å²) in [4.78, 5) is 3.98. The van der Waals surface area contributed by atoms with Crippen LogP contribution in [0.5, 0.6) is 0 Å². The SMILES string of the molecule is Clc1ccc(-c2cccnc2Cl)c(Cl)c1Cl. The first-order valence-corrected chi connectivity index (χ1v) is 5.87. The summed E-state index contributed by atoms with van der Waals surface area (Å²) in [5.41, 5.74) is 1.45. The number of hydrogen-bond acceptors (Lipinski definition) is 1. The fourth-order valence-corrected chi connectivity index (χ4v) is 2.18. The molecule has 0 saturated heterocycles. The highest BCUT2D eigenvalue weighted by atomic mass is 35.5. The molecule has 1 nitrogen and oxygen atoms in total. The van der Waals surface area contributed by atoms with Gasteiger partial charge in [-0.3, -0.25) is 0 Å². The molecule has 0 N–H and O–H groups in total. The third-order valence-electron chi connectivity index (χ3n) is 2.08. The third kappa shape index (κ3) is 2.14. The first-order valence-electron chi connectivity index (χ1n) is 4.35. The second-order valence-corrected chi connectivity index (χ2v) is 4.59. The topological polar surface area (TPSA) is 12.9 Å². The minimum absolute atomic E-state index is 0.320. The molecule has 1 aromatic heterocycles. The van der Waals surface area contributed by atoms with Gasteiger partial charge in [0, 0.05) is 17.3 Å². The maximum Gasteiger partial charge on any atom is 0.136 e. The first kappa shape index (κ1) is 12.0. The van der Waals surface area contributed by atoms with Crippen LogP contribution in [-0.2, 0) is 0 Å². The monoisotopic (exact) mass is 291 g/mol. The van der Waals surface area contributed by atoms with Gasteiger partial charge in [0.05, 0.1) is 15.1 Å². The van der Waals surface area contributed by atoms with Gasteiger partial charge in [-0.05, 0) is 18.2 Å². The Kier molecular flexibility index (Phi) is 3.60. The van der Waals surface area contributed by atoms with E-state index in [-0.39, 0.29) is 0 Å². The van der Waals surface area contributed by atoms with Gasteiger partial charge in [0.1, 0.15) is 5.15 Å². The van der Waals surface area contributed by atoms with Crippen LogP contribution in [0.2, 0.25) is 20.2 Å². The van der Waals surface area contributed by atoms with Crippen LogP contribution in [0, 0.1) is 0 Å². The van der Waals surface area contributed by atoms with E-state index in [2.05, 4.69) is 4.98 Å². The normalized spacial score (nSPS) is 10.5. The standard InChI is InChI=1S/C11H5Cl4N/c12-8-4-3-6(9(13)10(8)14)7-2-1-5-16-11(7)15/h1-5H. The number of aromatic nitrogens is 1. The maximum atomic E-state index is 6.10. The van der Waals surface area contributed by atoms with Crippen LogP contribution < -0.4 is 0 Å². The number of hydrogen-bond donors (Lipinski definition) is 0. The van der Waals surface area contributed by atoms with Crippen molar-refractivity contribution in [1.29, 1.82) is 0 Å². The maximum absolute atomic E-state index is 6.10. The number of benzene rings is 1. The molecular formula is C11H5Cl4N. The Hall–Kier alpha value is -0.470. The Morgan fingerprint density at radius 1 is 0.812 bits per heavy atom. The molecule has 0 atom stereocenters. The number of rotatable bonds is 1. The minimum Gasteiger partial charge on any atom is -0.244 e. The van der Waals surface area contributed by atoms with Crippen molar-refractivity contribution >= 4 is 46.4 Å². The molecule has 16 heavy (non-hydrogen) atoms. The van der Waals surface area contributed by atoms with Crippen LogP contribution >= 0.6 is 46.4 Å². The summed E-state index contributed by atoms with van der Waals surface area (Å²) in [5, 5.41) is 1.49. The average Bonchev–Trinajstić information content (AvgIpc) is 2.28. The lowest BCUT2D eigenvalue weighted by Crippen LogP contribution is -1.85. The van der Waals surface area contributed by atoms with Crippen molar-refractivity contribution in [2.75, 3.05) is 0 Å². The molecule has 0 spiro atoms. The zero-order chi connectivity index (χ0) is 11.7. The number of nitrogens with zero attached hydrogens (tertiary/aromatic N) is 1. The van der Waals surface area contributed by atoms with Crippen LogP contribution in [0.1, 0.15) is 0 Å². The van der Waals surface area contributed by atoms with Crippen molar-refractivity contribution in [2.24, 2.45) is 0 Å². The van der Waals surface area contributed by atoms with E-state index in [0.717, 1.165) is 5.56 Å². The minimum atomic E-state index is 0.320. The summed E-state index contributed by atoms with van der Waals surface area (Å²) in [7, 11) is 0. The Morgan fingerprint density at radius 3 is 2.25 bits per heavy atom. The van der Waals surface area contributed by atoms with Crippen molar-refractivity contribution in [1.82, 2.24) is 4.98 Å². The summed E-state index contributed by atoms with van der Waals surface area (Å²) in [6.45, 7) is 0. The summed E-state index contributed by atoms with van der Waals surface area (Å²) < 4.78 is 0. The van der Waals surface area contributed by atoms with E-state index in [4.69, 9.17) is 46.4 Å². The predicted molar refractivity (Wildman–Crippen MR) is 69.7 cm³/mol. The summed E-state index contributed by atoms with van der Waals surface area (Å²) >= 11 is 23.9. The Morgan fingerprint density at radius 2 is 1.56 bits per heavy atom. The molecular weight excluding hydrogens is 288 g/mol. The van der Waals surface area contributed by atoms with E-state index >= 15 is 0 Å². The van der Waals surface area contributed by atoms with E-state index in [1.165, 1.54) is 0 Å². The molecule has 82 valence electrons. The summed E-state index contributed by atoms with van der Waals surface area (Å²) in [5.74, 6) is 0. The molecule has 0 saturated carbocycles. The molecule has 0 aliphatic carbocycles. The molecule has 0 bridgehead atoms. The zero-order valence-electron chi connectivity index (χ0n) is 7.85. The highest BCUT2D eigenvalue weighted by Gasteiger charge is 2.12. The molecule has 2 aromatic rings. The molecule has 5 heteroatoms. The van der Waals surface area contributed by atoms with Gasteiger partial charge in [0.25, 0.3) is 0 Å². The first-order chi connectivity index (χ1) is 7.61. The molecule has 0 radical (unpaired) electrons. The van der Waals surface area contributed by atoms with Gasteiger partial charge in [-0.1, -0.05) is 52.5 Å². The van der Waals surface area contributed by atoms with E-state index in [9.17, 15) is 0 Å². The van der Waals surface area contributed by atoms with Crippen molar-refractivity contribution in [3.8, 4) is 11.1 Å². The van der Waals surface area contributed by atoms with E-state index in [1.807, 2.05) is 6.07 Å². The van der Waals surface area contributed by atoms with Gasteiger partial charge < -0.3 is 0 Å². The highest BCUT2D eigenvalue weighted by Crippen LogP contribution is 2.39. The van der Waals surface area contributed by atoms with Crippen molar-refractivity contribution < 1.29 is 0 Å². The van der Waals surface area contributed by atoms with Crippen LogP contribution in [-0.4, -0.2) is 4.98 Å². The summed E-state index contributed by atoms with van der Waals surface area (Å²) in [6, 6.07) is 7.04. The molecule has 0 unspecified atom stereocenters. The average molecular weight is 293 g/mol. The largest absolute Gasteiger partial charge is 0.244 e. The molecule has 0 fully saturated rings. The van der Waals surface area contributed by atoms with Crippen molar-refractivity contribution in [3.63, 3.8) is 0 Å². The van der Waals surface area contributed by atoms with Gasteiger partial charge >= 0.3 is 0 Å².